The van der Waals surface area contributed by atoms with E-state index in [4.69, 9.17) is 14.0 Å². The molecule has 2 aliphatic heterocycles. The lowest BCUT2D eigenvalue weighted by molar-refractivity contribution is -0.126. The molecule has 3 heterocycles. The molecule has 194 valence electrons. The Morgan fingerprint density at radius 1 is 1.14 bits per heavy atom. The van der Waals surface area contributed by atoms with E-state index >= 15 is 0 Å². The zero-order valence-corrected chi connectivity index (χ0v) is 21.0. The van der Waals surface area contributed by atoms with E-state index in [9.17, 15) is 17.6 Å². The minimum atomic E-state index is -3.93. The number of benzene rings is 2. The van der Waals surface area contributed by atoms with Crippen LogP contribution in [0.25, 0.3) is 12.2 Å². The number of nitrogens with zero attached hydrogens (tertiary/aromatic N) is 2. The van der Waals surface area contributed by atoms with E-state index in [0.29, 0.717) is 36.4 Å². The lowest BCUT2D eigenvalue weighted by atomic mass is 9.97. The number of rotatable bonds is 7. The van der Waals surface area contributed by atoms with Crippen LogP contribution in [-0.4, -0.2) is 43.7 Å². The van der Waals surface area contributed by atoms with Crippen molar-refractivity contribution in [3.63, 3.8) is 0 Å². The predicted octanol–water partition coefficient (Wildman–Crippen LogP) is 3.74. The van der Waals surface area contributed by atoms with Crippen molar-refractivity contribution >= 4 is 28.1 Å². The highest BCUT2D eigenvalue weighted by Gasteiger charge is 2.36. The van der Waals surface area contributed by atoms with Crippen LogP contribution in [0.15, 0.2) is 51.9 Å². The molecule has 1 fully saturated rings. The second-order valence-electron chi connectivity index (χ2n) is 8.90. The smallest absolute Gasteiger partial charge is 0.248 e. The van der Waals surface area contributed by atoms with Gasteiger partial charge in [0.1, 0.15) is 11.5 Å². The first-order valence-corrected chi connectivity index (χ1v) is 13.3. The molecule has 0 atom stereocenters. The van der Waals surface area contributed by atoms with Crippen molar-refractivity contribution in [2.24, 2.45) is 5.92 Å². The fraction of sp³-hybridized carbons (Fsp3) is 0.308. The number of aromatic nitrogens is 1. The number of ether oxygens (including phenoxy) is 2. The number of nitrogens with one attached hydrogen (secondary N) is 1. The number of fused-ring (bicyclic) bond motifs is 1. The zero-order chi connectivity index (χ0) is 26.0. The highest BCUT2D eigenvalue weighted by molar-refractivity contribution is 7.89. The molecule has 0 bridgehead atoms. The third-order valence-corrected chi connectivity index (χ3v) is 8.54. The minimum absolute atomic E-state index is 0.0318. The van der Waals surface area contributed by atoms with E-state index in [2.05, 4.69) is 10.5 Å². The summed E-state index contributed by atoms with van der Waals surface area (Å²) in [5.41, 5.74) is 1.40. The maximum Gasteiger partial charge on any atom is 0.248 e. The Morgan fingerprint density at radius 3 is 2.68 bits per heavy atom. The second kappa shape index (κ2) is 10.3. The number of halogens is 1. The third-order valence-electron chi connectivity index (χ3n) is 6.48. The van der Waals surface area contributed by atoms with Gasteiger partial charge >= 0.3 is 0 Å². The van der Waals surface area contributed by atoms with Gasteiger partial charge in [-0.3, -0.25) is 4.79 Å². The Hall–Kier alpha value is -3.70. The van der Waals surface area contributed by atoms with Crippen LogP contribution in [0.1, 0.15) is 35.4 Å². The first kappa shape index (κ1) is 25.0. The number of hydrogen-bond donors (Lipinski definition) is 1. The third kappa shape index (κ3) is 5.23. The van der Waals surface area contributed by atoms with Crippen molar-refractivity contribution in [3.8, 4) is 11.5 Å². The number of piperidine rings is 1. The van der Waals surface area contributed by atoms with Gasteiger partial charge in [0.05, 0.1) is 0 Å². The molecule has 0 radical (unpaired) electrons. The second-order valence-corrected chi connectivity index (χ2v) is 10.8. The lowest BCUT2D eigenvalue weighted by Crippen LogP contribution is -2.43. The molecule has 3 aromatic rings. The van der Waals surface area contributed by atoms with Gasteiger partial charge in [0.2, 0.25) is 22.7 Å². The maximum absolute atomic E-state index is 14.0. The molecule has 1 N–H and O–H groups in total. The summed E-state index contributed by atoms with van der Waals surface area (Å²) in [6.45, 7) is 2.44. The molecule has 0 unspecified atom stereocenters. The number of aryl methyl sites for hydroxylation is 1. The van der Waals surface area contributed by atoms with Gasteiger partial charge in [-0.05, 0) is 55.7 Å². The van der Waals surface area contributed by atoms with Crippen molar-refractivity contribution in [1.29, 1.82) is 0 Å². The van der Waals surface area contributed by atoms with E-state index in [-0.39, 0.29) is 48.1 Å². The van der Waals surface area contributed by atoms with Gasteiger partial charge < -0.3 is 19.3 Å². The van der Waals surface area contributed by atoms with E-state index in [1.165, 1.54) is 22.5 Å². The Bertz CT molecular complexity index is 1440. The summed E-state index contributed by atoms with van der Waals surface area (Å²) < 4.78 is 58.1. The molecular weight excluding hydrogens is 501 g/mol. The van der Waals surface area contributed by atoms with Crippen molar-refractivity contribution in [3.05, 3.63) is 70.9 Å². The highest BCUT2D eigenvalue weighted by atomic mass is 32.2. The van der Waals surface area contributed by atoms with Crippen LogP contribution in [-0.2, 0) is 21.4 Å². The van der Waals surface area contributed by atoms with Gasteiger partial charge in [-0.25, -0.2) is 12.8 Å². The summed E-state index contributed by atoms with van der Waals surface area (Å²) in [5, 5.41) is 6.75. The zero-order valence-electron chi connectivity index (χ0n) is 20.1. The molecular formula is C26H26FN3O6S. The molecule has 1 saturated heterocycles. The van der Waals surface area contributed by atoms with Gasteiger partial charge in [0.25, 0.3) is 0 Å². The standard InChI is InChI=1S/C26H26FN3O6S/c1-17-25(23(36-29-17)9-7-19-4-2-3-5-21(19)27)37(32,33)30-12-10-20(11-13-30)26(31)28-15-18-6-8-22-24(14-18)35-16-34-22/h2-9,14,20H,10-13,15-16H2,1H3,(H,28,31)/b9-7+. The molecule has 37 heavy (non-hydrogen) atoms. The normalized spacial score (nSPS) is 16.4. The van der Waals surface area contributed by atoms with E-state index in [0.717, 1.165) is 5.56 Å². The van der Waals surface area contributed by atoms with Crippen molar-refractivity contribution in [1.82, 2.24) is 14.8 Å². The largest absolute Gasteiger partial charge is 0.454 e. The SMILES string of the molecule is Cc1noc(/C=C/c2ccccc2F)c1S(=O)(=O)N1CCC(C(=O)NCc2ccc3c(c2)OCO3)CC1. The number of hydrogen-bond acceptors (Lipinski definition) is 7. The van der Waals surface area contributed by atoms with Gasteiger partial charge in [-0.1, -0.05) is 29.4 Å². The fourth-order valence-electron chi connectivity index (χ4n) is 4.45. The highest BCUT2D eigenvalue weighted by Crippen LogP contribution is 2.33. The van der Waals surface area contributed by atoms with Gasteiger partial charge in [-0.2, -0.15) is 4.31 Å². The first-order valence-electron chi connectivity index (χ1n) is 11.9. The lowest BCUT2D eigenvalue weighted by Gasteiger charge is -2.30. The number of sulfonamides is 1. The number of carbonyl (C=O) groups is 1. The Balaban J connectivity index is 1.21. The van der Waals surface area contributed by atoms with Crippen molar-refractivity contribution in [2.75, 3.05) is 19.9 Å². The predicted molar refractivity (Wildman–Crippen MR) is 132 cm³/mol. The molecule has 0 saturated carbocycles. The molecule has 5 rings (SSSR count). The number of amides is 1. The summed E-state index contributed by atoms with van der Waals surface area (Å²) >= 11 is 0. The Kier molecular flexibility index (Phi) is 6.98. The van der Waals surface area contributed by atoms with Crippen LogP contribution in [0.4, 0.5) is 4.39 Å². The van der Waals surface area contributed by atoms with Gasteiger partial charge in [0, 0.05) is 31.1 Å². The minimum Gasteiger partial charge on any atom is -0.454 e. The molecule has 1 aromatic heterocycles. The molecule has 1 amide bonds. The first-order chi connectivity index (χ1) is 17.8. The molecule has 2 aromatic carbocycles. The van der Waals surface area contributed by atoms with Crippen molar-refractivity contribution in [2.45, 2.75) is 31.2 Å². The van der Waals surface area contributed by atoms with Crippen LogP contribution >= 0.6 is 0 Å². The molecule has 11 heteroatoms. The Labute approximate surface area is 213 Å². The van der Waals surface area contributed by atoms with Crippen LogP contribution in [0.2, 0.25) is 0 Å². The summed E-state index contributed by atoms with van der Waals surface area (Å²) in [7, 11) is -3.93. The average Bonchev–Trinajstić information content (AvgIpc) is 3.53. The van der Waals surface area contributed by atoms with Crippen LogP contribution in [0.5, 0.6) is 11.5 Å². The Morgan fingerprint density at radius 2 is 1.89 bits per heavy atom. The molecule has 2 aliphatic rings. The monoisotopic (exact) mass is 527 g/mol. The molecule has 0 spiro atoms. The molecule has 0 aliphatic carbocycles. The summed E-state index contributed by atoms with van der Waals surface area (Å²) in [4.78, 5) is 12.7. The van der Waals surface area contributed by atoms with E-state index in [1.54, 1.807) is 31.2 Å². The summed E-state index contributed by atoms with van der Waals surface area (Å²) in [6, 6.07) is 11.6. The van der Waals surface area contributed by atoms with Crippen LogP contribution in [0, 0.1) is 18.7 Å². The quantitative estimate of drug-likeness (QED) is 0.498. The van der Waals surface area contributed by atoms with Gasteiger partial charge in [0.15, 0.2) is 22.2 Å². The van der Waals surface area contributed by atoms with Crippen LogP contribution in [0.3, 0.4) is 0 Å². The van der Waals surface area contributed by atoms with Crippen LogP contribution < -0.4 is 14.8 Å². The topological polar surface area (TPSA) is 111 Å². The fourth-order valence-corrected chi connectivity index (χ4v) is 6.17. The van der Waals surface area contributed by atoms with Crippen molar-refractivity contribution < 1.29 is 31.6 Å². The van der Waals surface area contributed by atoms with Gasteiger partial charge in [-0.15, -0.1) is 0 Å². The van der Waals surface area contributed by atoms with E-state index in [1.807, 2.05) is 12.1 Å². The number of carbonyl (C=O) groups excluding carboxylic acids is 1. The van der Waals surface area contributed by atoms with E-state index < -0.39 is 15.8 Å². The average molecular weight is 528 g/mol. The summed E-state index contributed by atoms with van der Waals surface area (Å²) in [6.07, 6.45) is 3.63. The molecule has 9 nitrogen and oxygen atoms in total. The maximum atomic E-state index is 14.0. The summed E-state index contributed by atoms with van der Waals surface area (Å²) in [5.74, 6) is 0.506.